The van der Waals surface area contributed by atoms with Gasteiger partial charge in [-0.15, -0.1) is 0 Å². The van der Waals surface area contributed by atoms with Crippen molar-refractivity contribution in [1.29, 1.82) is 0 Å². The van der Waals surface area contributed by atoms with Crippen LogP contribution in [0, 0.1) is 0 Å². The Morgan fingerprint density at radius 3 is 2.81 bits per heavy atom. The number of amides is 1. The lowest BCUT2D eigenvalue weighted by Crippen LogP contribution is -2.38. The number of likely N-dealkylation sites (N-methyl/N-ethyl adjacent to an activating group) is 1. The van der Waals surface area contributed by atoms with Gasteiger partial charge in [0.1, 0.15) is 0 Å². The maximum absolute atomic E-state index is 12.0. The van der Waals surface area contributed by atoms with Crippen LogP contribution in [0.3, 0.4) is 0 Å². The second kappa shape index (κ2) is 4.76. The highest BCUT2D eigenvalue weighted by molar-refractivity contribution is 6.28. The van der Waals surface area contributed by atoms with E-state index in [1.165, 1.54) is 12.4 Å². The third-order valence-corrected chi connectivity index (χ3v) is 2.96. The molecular weight excluding hydrogens is 228 g/mol. The van der Waals surface area contributed by atoms with Crippen LogP contribution in [-0.4, -0.2) is 47.0 Å². The molecule has 1 aromatic heterocycles. The van der Waals surface area contributed by atoms with Crippen molar-refractivity contribution < 1.29 is 4.79 Å². The number of aromatic nitrogens is 2. The molecule has 16 heavy (non-hydrogen) atoms. The Kier molecular flexibility index (Phi) is 3.36. The normalized spacial score (nSPS) is 19.8. The Labute approximate surface area is 98.8 Å². The first-order valence-corrected chi connectivity index (χ1v) is 5.51. The molecule has 1 aliphatic rings. The number of carbonyl (C=O) groups excluding carboxylic acids is 1. The van der Waals surface area contributed by atoms with Gasteiger partial charge in [0.05, 0.1) is 5.56 Å². The zero-order valence-electron chi connectivity index (χ0n) is 8.98. The number of nitrogens with one attached hydrogen (secondary N) is 1. The van der Waals surface area contributed by atoms with Gasteiger partial charge in [-0.1, -0.05) is 0 Å². The lowest BCUT2D eigenvalue weighted by atomic mass is 10.2. The fourth-order valence-corrected chi connectivity index (χ4v) is 1.86. The minimum Gasteiger partial charge on any atom is -0.337 e. The Morgan fingerprint density at radius 1 is 1.56 bits per heavy atom. The topological polar surface area (TPSA) is 58.1 Å². The van der Waals surface area contributed by atoms with E-state index in [0.29, 0.717) is 5.56 Å². The molecule has 86 valence electrons. The summed E-state index contributed by atoms with van der Waals surface area (Å²) < 4.78 is 0. The third kappa shape index (κ3) is 2.31. The summed E-state index contributed by atoms with van der Waals surface area (Å²) in [6.07, 6.45) is 3.89. The van der Waals surface area contributed by atoms with Crippen LogP contribution < -0.4 is 5.32 Å². The number of carbonyl (C=O) groups is 1. The van der Waals surface area contributed by atoms with Gasteiger partial charge in [0.15, 0.2) is 0 Å². The Bertz CT molecular complexity index is 375. The van der Waals surface area contributed by atoms with Crippen LogP contribution in [-0.2, 0) is 0 Å². The van der Waals surface area contributed by atoms with E-state index in [-0.39, 0.29) is 17.2 Å². The fourth-order valence-electron chi connectivity index (χ4n) is 1.76. The molecule has 1 saturated heterocycles. The first-order chi connectivity index (χ1) is 7.68. The molecule has 1 fully saturated rings. The largest absolute Gasteiger partial charge is 0.337 e. The molecule has 1 amide bonds. The highest BCUT2D eigenvalue weighted by Gasteiger charge is 2.24. The van der Waals surface area contributed by atoms with Gasteiger partial charge in [0.2, 0.25) is 5.28 Å². The summed E-state index contributed by atoms with van der Waals surface area (Å²) >= 11 is 5.57. The van der Waals surface area contributed by atoms with Gasteiger partial charge in [0.25, 0.3) is 5.91 Å². The molecule has 6 heteroatoms. The monoisotopic (exact) mass is 240 g/mol. The zero-order chi connectivity index (χ0) is 11.5. The predicted octanol–water partition coefficient (Wildman–Crippen LogP) is 0.564. The summed E-state index contributed by atoms with van der Waals surface area (Å²) in [5.41, 5.74) is 0.471. The average molecular weight is 241 g/mol. The molecule has 1 unspecified atom stereocenters. The molecule has 0 saturated carbocycles. The maximum Gasteiger partial charge on any atom is 0.257 e. The molecule has 0 radical (unpaired) electrons. The molecule has 0 aromatic carbocycles. The SMILES string of the molecule is CN(C(=O)c1cnc(Cl)nc1)C1CCNC1. The quantitative estimate of drug-likeness (QED) is 0.768. The zero-order valence-corrected chi connectivity index (χ0v) is 9.74. The summed E-state index contributed by atoms with van der Waals surface area (Å²) in [6.45, 7) is 1.80. The van der Waals surface area contributed by atoms with E-state index in [1.54, 1.807) is 11.9 Å². The summed E-state index contributed by atoms with van der Waals surface area (Å²) in [6, 6.07) is 0.253. The first-order valence-electron chi connectivity index (χ1n) is 5.14. The number of nitrogens with zero attached hydrogens (tertiary/aromatic N) is 3. The molecule has 0 spiro atoms. The number of hydrogen-bond acceptors (Lipinski definition) is 4. The second-order valence-electron chi connectivity index (χ2n) is 3.80. The highest BCUT2D eigenvalue weighted by atomic mass is 35.5. The summed E-state index contributed by atoms with van der Waals surface area (Å²) in [7, 11) is 1.80. The van der Waals surface area contributed by atoms with E-state index in [0.717, 1.165) is 19.5 Å². The smallest absolute Gasteiger partial charge is 0.257 e. The molecular formula is C10H13ClN4O. The van der Waals surface area contributed by atoms with Crippen molar-refractivity contribution in [3.05, 3.63) is 23.2 Å². The van der Waals surface area contributed by atoms with E-state index in [4.69, 9.17) is 11.6 Å². The van der Waals surface area contributed by atoms with E-state index in [1.807, 2.05) is 0 Å². The fraction of sp³-hybridized carbons (Fsp3) is 0.500. The highest BCUT2D eigenvalue weighted by Crippen LogP contribution is 2.10. The van der Waals surface area contributed by atoms with Gasteiger partial charge in [-0.05, 0) is 24.6 Å². The molecule has 2 heterocycles. The lowest BCUT2D eigenvalue weighted by Gasteiger charge is -2.23. The van der Waals surface area contributed by atoms with Gasteiger partial charge >= 0.3 is 0 Å². The Balaban J connectivity index is 2.08. The van der Waals surface area contributed by atoms with Gasteiger partial charge in [-0.2, -0.15) is 0 Å². The Morgan fingerprint density at radius 2 is 2.25 bits per heavy atom. The van der Waals surface area contributed by atoms with Gasteiger partial charge < -0.3 is 10.2 Å². The summed E-state index contributed by atoms with van der Waals surface area (Å²) in [5.74, 6) is -0.0645. The van der Waals surface area contributed by atoms with Crippen LogP contribution in [0.25, 0.3) is 0 Å². The van der Waals surface area contributed by atoms with Gasteiger partial charge in [-0.3, -0.25) is 4.79 Å². The van der Waals surface area contributed by atoms with E-state index < -0.39 is 0 Å². The van der Waals surface area contributed by atoms with Crippen molar-refractivity contribution in [2.24, 2.45) is 0 Å². The molecule has 0 aliphatic carbocycles. The third-order valence-electron chi connectivity index (χ3n) is 2.77. The molecule has 1 atom stereocenters. The number of halogens is 1. The average Bonchev–Trinajstić information content (AvgIpc) is 2.81. The predicted molar refractivity (Wildman–Crippen MR) is 60.4 cm³/mol. The van der Waals surface area contributed by atoms with E-state index in [9.17, 15) is 4.79 Å². The minimum absolute atomic E-state index is 0.0645. The van der Waals surface area contributed by atoms with Crippen LogP contribution in [0.2, 0.25) is 5.28 Å². The van der Waals surface area contributed by atoms with Crippen molar-refractivity contribution in [3.8, 4) is 0 Å². The van der Waals surface area contributed by atoms with Crippen LogP contribution in [0.1, 0.15) is 16.8 Å². The van der Waals surface area contributed by atoms with Crippen LogP contribution >= 0.6 is 11.6 Å². The second-order valence-corrected chi connectivity index (χ2v) is 4.14. The van der Waals surface area contributed by atoms with Crippen LogP contribution in [0.4, 0.5) is 0 Å². The summed E-state index contributed by atoms with van der Waals surface area (Å²) in [4.78, 5) is 21.3. The van der Waals surface area contributed by atoms with Crippen molar-refractivity contribution in [2.45, 2.75) is 12.5 Å². The van der Waals surface area contributed by atoms with Gasteiger partial charge in [-0.25, -0.2) is 9.97 Å². The lowest BCUT2D eigenvalue weighted by molar-refractivity contribution is 0.0743. The summed E-state index contributed by atoms with van der Waals surface area (Å²) in [5, 5.41) is 3.38. The molecule has 1 N–H and O–H groups in total. The number of hydrogen-bond donors (Lipinski definition) is 1. The minimum atomic E-state index is -0.0645. The van der Waals surface area contributed by atoms with Gasteiger partial charge in [0, 0.05) is 32.0 Å². The van der Waals surface area contributed by atoms with Crippen molar-refractivity contribution in [2.75, 3.05) is 20.1 Å². The van der Waals surface area contributed by atoms with E-state index in [2.05, 4.69) is 15.3 Å². The number of rotatable bonds is 2. The molecule has 2 rings (SSSR count). The molecule has 5 nitrogen and oxygen atoms in total. The van der Waals surface area contributed by atoms with Crippen molar-refractivity contribution in [1.82, 2.24) is 20.2 Å². The first kappa shape index (κ1) is 11.3. The molecule has 1 aromatic rings. The van der Waals surface area contributed by atoms with E-state index >= 15 is 0 Å². The molecule has 1 aliphatic heterocycles. The standard InChI is InChI=1S/C10H13ClN4O/c1-15(8-2-3-12-6-8)9(16)7-4-13-10(11)14-5-7/h4-5,8,12H,2-3,6H2,1H3. The molecule has 0 bridgehead atoms. The maximum atomic E-state index is 12.0. The Hall–Kier alpha value is -1.20. The van der Waals surface area contributed by atoms with Crippen molar-refractivity contribution in [3.63, 3.8) is 0 Å². The van der Waals surface area contributed by atoms with Crippen LogP contribution in [0.15, 0.2) is 12.4 Å². The van der Waals surface area contributed by atoms with Crippen molar-refractivity contribution >= 4 is 17.5 Å². The van der Waals surface area contributed by atoms with Crippen LogP contribution in [0.5, 0.6) is 0 Å².